The van der Waals surface area contributed by atoms with Gasteiger partial charge in [-0.1, -0.05) is 44.2 Å². The number of carbonyl (C=O) groups is 2. The lowest BCUT2D eigenvalue weighted by Gasteiger charge is -2.36. The molecule has 1 aliphatic heterocycles. The van der Waals surface area contributed by atoms with Crippen LogP contribution in [-0.4, -0.2) is 59.3 Å². The summed E-state index contributed by atoms with van der Waals surface area (Å²) < 4.78 is 5.27. The minimum absolute atomic E-state index is 0.106. The monoisotopic (exact) mass is 320 g/mol. The van der Waals surface area contributed by atoms with Crippen molar-refractivity contribution >= 4 is 12.0 Å². The van der Waals surface area contributed by atoms with E-state index in [1.54, 1.807) is 4.90 Å². The van der Waals surface area contributed by atoms with Crippen LogP contribution in [0.3, 0.4) is 0 Å². The third-order valence-corrected chi connectivity index (χ3v) is 3.98. The summed E-state index contributed by atoms with van der Waals surface area (Å²) in [5.41, 5.74) is 0.871. The average Bonchev–Trinajstić information content (AvgIpc) is 2.55. The quantitative estimate of drug-likeness (QED) is 0.901. The molecule has 2 amide bonds. The third kappa shape index (κ3) is 4.45. The Hall–Kier alpha value is -2.08. The second-order valence-corrected chi connectivity index (χ2v) is 6.02. The van der Waals surface area contributed by atoms with E-state index in [2.05, 4.69) is 0 Å². The molecule has 2 rings (SSSR count). The first kappa shape index (κ1) is 17.3. The molecule has 6 heteroatoms. The number of ether oxygens (including phenoxy) is 1. The van der Waals surface area contributed by atoms with Crippen molar-refractivity contribution in [3.63, 3.8) is 0 Å². The fraction of sp³-hybridized carbons (Fsp3) is 0.529. The molecular formula is C17H24N2O4. The fourth-order valence-electron chi connectivity index (χ4n) is 2.81. The molecule has 1 N–H and O–H groups in total. The highest BCUT2D eigenvalue weighted by Crippen LogP contribution is 2.18. The van der Waals surface area contributed by atoms with Gasteiger partial charge in [-0.15, -0.1) is 0 Å². The van der Waals surface area contributed by atoms with Crippen LogP contribution in [0.15, 0.2) is 30.3 Å². The Morgan fingerprint density at radius 2 is 1.83 bits per heavy atom. The zero-order valence-electron chi connectivity index (χ0n) is 13.6. The minimum Gasteiger partial charge on any atom is -0.465 e. The highest BCUT2D eigenvalue weighted by Gasteiger charge is 2.35. The number of rotatable bonds is 5. The highest BCUT2D eigenvalue weighted by atomic mass is 16.5. The van der Waals surface area contributed by atoms with Gasteiger partial charge in [0, 0.05) is 19.6 Å². The van der Waals surface area contributed by atoms with E-state index in [1.807, 2.05) is 44.2 Å². The van der Waals surface area contributed by atoms with Crippen molar-refractivity contribution in [2.45, 2.75) is 26.4 Å². The van der Waals surface area contributed by atoms with Crippen LogP contribution >= 0.6 is 0 Å². The second kappa shape index (κ2) is 7.97. The smallest absolute Gasteiger partial charge is 0.408 e. The van der Waals surface area contributed by atoms with Gasteiger partial charge in [0.25, 0.3) is 0 Å². The maximum Gasteiger partial charge on any atom is 0.408 e. The molecule has 23 heavy (non-hydrogen) atoms. The zero-order chi connectivity index (χ0) is 16.8. The van der Waals surface area contributed by atoms with Gasteiger partial charge in [-0.2, -0.15) is 0 Å². The first-order chi connectivity index (χ1) is 11.0. The second-order valence-electron chi connectivity index (χ2n) is 6.02. The minimum atomic E-state index is -1.07. The van der Waals surface area contributed by atoms with Crippen molar-refractivity contribution in [1.82, 2.24) is 9.80 Å². The van der Waals surface area contributed by atoms with Crippen molar-refractivity contribution in [3.8, 4) is 0 Å². The molecule has 0 saturated carbocycles. The van der Waals surface area contributed by atoms with E-state index >= 15 is 0 Å². The van der Waals surface area contributed by atoms with E-state index in [-0.39, 0.29) is 18.4 Å². The first-order valence-corrected chi connectivity index (χ1v) is 7.90. The summed E-state index contributed by atoms with van der Waals surface area (Å²) in [4.78, 5) is 27.6. The van der Waals surface area contributed by atoms with Gasteiger partial charge in [0.2, 0.25) is 5.91 Å². The predicted octanol–water partition coefficient (Wildman–Crippen LogP) is 2.05. The lowest BCUT2D eigenvalue weighted by molar-refractivity contribution is -0.142. The van der Waals surface area contributed by atoms with Gasteiger partial charge in [0.05, 0.1) is 13.2 Å². The number of nitrogens with zero attached hydrogens (tertiary/aromatic N) is 2. The molecule has 0 aliphatic carbocycles. The van der Waals surface area contributed by atoms with E-state index < -0.39 is 12.1 Å². The average molecular weight is 320 g/mol. The molecule has 1 fully saturated rings. The van der Waals surface area contributed by atoms with Crippen molar-refractivity contribution in [2.75, 3.05) is 26.3 Å². The Bertz CT molecular complexity index is 527. The van der Waals surface area contributed by atoms with Gasteiger partial charge < -0.3 is 14.7 Å². The highest BCUT2D eigenvalue weighted by molar-refractivity contribution is 5.85. The summed E-state index contributed by atoms with van der Waals surface area (Å²) in [7, 11) is 0. The maximum absolute atomic E-state index is 12.8. The predicted molar refractivity (Wildman–Crippen MR) is 86.0 cm³/mol. The molecule has 1 atom stereocenters. The molecule has 1 aliphatic rings. The Morgan fingerprint density at radius 1 is 1.22 bits per heavy atom. The SMILES string of the molecule is CC(C)[C@@H](C(=O)N1CCOCC1)N(Cc1ccccc1)C(=O)O. The molecule has 0 spiro atoms. The number of hydrogen-bond donors (Lipinski definition) is 1. The molecule has 0 bridgehead atoms. The van der Waals surface area contributed by atoms with Gasteiger partial charge in [0.1, 0.15) is 6.04 Å². The standard InChI is InChI=1S/C17H24N2O4/c1-13(2)15(16(20)18-8-10-23-11-9-18)19(17(21)22)12-14-6-4-3-5-7-14/h3-7,13,15H,8-12H2,1-2H3,(H,21,22)/t15-/m0/s1. The van der Waals surface area contributed by atoms with Gasteiger partial charge in [-0.25, -0.2) is 4.79 Å². The molecule has 0 aromatic heterocycles. The van der Waals surface area contributed by atoms with Gasteiger partial charge >= 0.3 is 6.09 Å². The number of carbonyl (C=O) groups excluding carboxylic acids is 1. The van der Waals surface area contributed by atoms with E-state index in [4.69, 9.17) is 4.74 Å². The van der Waals surface area contributed by atoms with Crippen molar-refractivity contribution in [2.24, 2.45) is 5.92 Å². The number of amides is 2. The van der Waals surface area contributed by atoms with Crippen LogP contribution in [-0.2, 0) is 16.1 Å². The lowest BCUT2D eigenvalue weighted by Crippen LogP contribution is -2.55. The fourth-order valence-corrected chi connectivity index (χ4v) is 2.81. The summed E-state index contributed by atoms with van der Waals surface area (Å²) in [5.74, 6) is -0.244. The molecular weight excluding hydrogens is 296 g/mol. The van der Waals surface area contributed by atoms with Crippen molar-refractivity contribution in [3.05, 3.63) is 35.9 Å². The van der Waals surface area contributed by atoms with Gasteiger partial charge in [-0.05, 0) is 11.5 Å². The first-order valence-electron chi connectivity index (χ1n) is 7.90. The molecule has 0 radical (unpaired) electrons. The van der Waals surface area contributed by atoms with Gasteiger partial charge in [-0.3, -0.25) is 9.69 Å². The summed E-state index contributed by atoms with van der Waals surface area (Å²) in [6.45, 7) is 6.00. The van der Waals surface area contributed by atoms with Crippen LogP contribution in [0, 0.1) is 5.92 Å². The summed E-state index contributed by atoms with van der Waals surface area (Å²) in [6.07, 6.45) is -1.07. The summed E-state index contributed by atoms with van der Waals surface area (Å²) in [6, 6.07) is 8.66. The molecule has 1 aromatic carbocycles. The summed E-state index contributed by atoms with van der Waals surface area (Å²) in [5, 5.41) is 9.63. The molecule has 0 unspecified atom stereocenters. The van der Waals surface area contributed by atoms with E-state index in [1.165, 1.54) is 4.90 Å². The van der Waals surface area contributed by atoms with E-state index in [0.717, 1.165) is 5.56 Å². The summed E-state index contributed by atoms with van der Waals surface area (Å²) >= 11 is 0. The molecule has 1 aromatic rings. The Balaban J connectivity index is 2.20. The lowest BCUT2D eigenvalue weighted by atomic mass is 10.00. The molecule has 1 saturated heterocycles. The van der Waals surface area contributed by atoms with E-state index in [0.29, 0.717) is 26.3 Å². The Morgan fingerprint density at radius 3 is 2.35 bits per heavy atom. The van der Waals surface area contributed by atoms with Gasteiger partial charge in [0.15, 0.2) is 0 Å². The number of benzene rings is 1. The van der Waals surface area contributed by atoms with Crippen LogP contribution in [0.1, 0.15) is 19.4 Å². The number of carboxylic acid groups (broad SMARTS) is 1. The van der Waals surface area contributed by atoms with Crippen molar-refractivity contribution in [1.29, 1.82) is 0 Å². The van der Waals surface area contributed by atoms with Crippen LogP contribution in [0.4, 0.5) is 4.79 Å². The normalized spacial score (nSPS) is 16.2. The Labute approximate surface area is 136 Å². The van der Waals surface area contributed by atoms with Crippen LogP contribution in [0.25, 0.3) is 0 Å². The van der Waals surface area contributed by atoms with Crippen LogP contribution in [0.2, 0.25) is 0 Å². The maximum atomic E-state index is 12.8. The van der Waals surface area contributed by atoms with E-state index in [9.17, 15) is 14.7 Å². The topological polar surface area (TPSA) is 70.1 Å². The molecule has 6 nitrogen and oxygen atoms in total. The van der Waals surface area contributed by atoms with Crippen LogP contribution in [0.5, 0.6) is 0 Å². The van der Waals surface area contributed by atoms with Crippen molar-refractivity contribution < 1.29 is 19.4 Å². The zero-order valence-corrected chi connectivity index (χ0v) is 13.6. The number of morpholine rings is 1. The Kier molecular flexibility index (Phi) is 5.98. The molecule has 1 heterocycles. The largest absolute Gasteiger partial charge is 0.465 e. The third-order valence-electron chi connectivity index (χ3n) is 3.98. The number of hydrogen-bond acceptors (Lipinski definition) is 3. The van der Waals surface area contributed by atoms with Crippen LogP contribution < -0.4 is 0 Å². The molecule has 126 valence electrons.